The summed E-state index contributed by atoms with van der Waals surface area (Å²) >= 11 is 0. The van der Waals surface area contributed by atoms with Gasteiger partial charge in [-0.1, -0.05) is 0 Å². The van der Waals surface area contributed by atoms with Gasteiger partial charge in [0.2, 0.25) is 5.75 Å². The minimum absolute atomic E-state index is 0.252. The molecular formula is C18H22N2O4. The highest BCUT2D eigenvalue weighted by atomic mass is 16.5. The molecule has 1 atom stereocenters. The Morgan fingerprint density at radius 1 is 1.17 bits per heavy atom. The maximum absolute atomic E-state index is 10.0. The van der Waals surface area contributed by atoms with Crippen LogP contribution in [-0.2, 0) is 10.3 Å². The fourth-order valence-electron chi connectivity index (χ4n) is 2.98. The van der Waals surface area contributed by atoms with Gasteiger partial charge in [0.15, 0.2) is 11.5 Å². The summed E-state index contributed by atoms with van der Waals surface area (Å²) in [7, 11) is 4.64. The van der Waals surface area contributed by atoms with E-state index in [-0.39, 0.29) is 6.42 Å². The normalized spacial score (nSPS) is 17.2. The average molecular weight is 330 g/mol. The summed E-state index contributed by atoms with van der Waals surface area (Å²) in [6, 6.07) is 6.00. The monoisotopic (exact) mass is 330 g/mol. The summed E-state index contributed by atoms with van der Waals surface area (Å²) in [4.78, 5) is 2.05. The van der Waals surface area contributed by atoms with Crippen LogP contribution in [0.15, 0.2) is 12.1 Å². The number of ether oxygens (including phenoxy) is 4. The minimum Gasteiger partial charge on any atom is -0.493 e. The molecule has 1 aromatic rings. The number of hydrogen-bond acceptors (Lipinski definition) is 6. The molecule has 0 spiro atoms. The molecule has 2 rings (SSSR count). The minimum atomic E-state index is -0.967. The Kier molecular flexibility index (Phi) is 5.92. The van der Waals surface area contributed by atoms with Crippen LogP contribution >= 0.6 is 0 Å². The largest absolute Gasteiger partial charge is 0.493 e. The molecule has 1 fully saturated rings. The van der Waals surface area contributed by atoms with E-state index in [4.69, 9.17) is 25.4 Å². The lowest BCUT2D eigenvalue weighted by Crippen LogP contribution is -2.50. The van der Waals surface area contributed by atoms with Crippen LogP contribution in [0.5, 0.6) is 17.2 Å². The van der Waals surface area contributed by atoms with Crippen molar-refractivity contribution in [2.45, 2.75) is 12.0 Å². The predicted octanol–water partition coefficient (Wildman–Crippen LogP) is 1.79. The summed E-state index contributed by atoms with van der Waals surface area (Å²) in [6.45, 7) is 2.40. The molecule has 0 saturated carbocycles. The molecule has 128 valence electrons. The molecule has 1 saturated heterocycles. The number of methoxy groups -OCH3 is 3. The van der Waals surface area contributed by atoms with E-state index < -0.39 is 5.54 Å². The lowest BCUT2D eigenvalue weighted by atomic mass is 9.85. The van der Waals surface area contributed by atoms with Gasteiger partial charge < -0.3 is 18.9 Å². The third-order valence-electron chi connectivity index (χ3n) is 4.24. The second-order valence-corrected chi connectivity index (χ2v) is 5.37. The highest BCUT2D eigenvalue weighted by molar-refractivity contribution is 5.56. The molecule has 1 aliphatic rings. The van der Waals surface area contributed by atoms with Gasteiger partial charge in [-0.05, 0) is 17.7 Å². The standard InChI is InChI=1S/C18H22N2O4/c1-5-6-18(13-19,20-7-9-24-10-8-20)14-11-15(21-2)17(23-4)16(12-14)22-3/h1,11-12H,6-10H2,2-4H3. The zero-order valence-electron chi connectivity index (χ0n) is 14.3. The van der Waals surface area contributed by atoms with E-state index in [1.165, 1.54) is 0 Å². The quantitative estimate of drug-likeness (QED) is 0.741. The molecule has 6 nitrogen and oxygen atoms in total. The molecule has 1 aliphatic heterocycles. The van der Waals surface area contributed by atoms with E-state index in [1.807, 2.05) is 0 Å². The van der Waals surface area contributed by atoms with Crippen molar-refractivity contribution in [3.63, 3.8) is 0 Å². The van der Waals surface area contributed by atoms with Crippen molar-refractivity contribution in [2.24, 2.45) is 0 Å². The number of hydrogen-bond donors (Lipinski definition) is 0. The molecule has 0 amide bonds. The van der Waals surface area contributed by atoms with Gasteiger partial charge >= 0.3 is 0 Å². The van der Waals surface area contributed by atoms with Crippen molar-refractivity contribution in [2.75, 3.05) is 47.6 Å². The van der Waals surface area contributed by atoms with E-state index >= 15 is 0 Å². The van der Waals surface area contributed by atoms with Gasteiger partial charge in [0, 0.05) is 19.5 Å². The van der Waals surface area contributed by atoms with Gasteiger partial charge in [0.1, 0.15) is 5.54 Å². The van der Waals surface area contributed by atoms with E-state index in [0.29, 0.717) is 43.6 Å². The molecule has 0 N–H and O–H groups in total. The van der Waals surface area contributed by atoms with Crippen molar-refractivity contribution in [3.05, 3.63) is 17.7 Å². The first kappa shape index (κ1) is 17.9. The Bertz CT molecular complexity index is 631. The Hall–Kier alpha value is -2.41. The second kappa shape index (κ2) is 7.92. The Morgan fingerprint density at radius 3 is 2.17 bits per heavy atom. The SMILES string of the molecule is C#CCC(C#N)(c1cc(OC)c(OC)c(OC)c1)N1CCOCC1. The molecular weight excluding hydrogens is 308 g/mol. The maximum Gasteiger partial charge on any atom is 0.203 e. The third kappa shape index (κ3) is 3.12. The fraction of sp³-hybridized carbons (Fsp3) is 0.500. The van der Waals surface area contributed by atoms with E-state index in [1.54, 1.807) is 33.5 Å². The first-order valence-electron chi connectivity index (χ1n) is 7.64. The van der Waals surface area contributed by atoms with Gasteiger partial charge in [0.25, 0.3) is 0 Å². The number of rotatable bonds is 6. The molecule has 1 aromatic carbocycles. The summed E-state index contributed by atoms with van der Waals surface area (Å²) < 4.78 is 21.6. The summed E-state index contributed by atoms with van der Waals surface area (Å²) in [5, 5.41) is 10.0. The third-order valence-corrected chi connectivity index (χ3v) is 4.24. The maximum atomic E-state index is 10.0. The van der Waals surface area contributed by atoms with E-state index in [2.05, 4.69) is 16.9 Å². The summed E-state index contributed by atoms with van der Waals surface area (Å²) in [6.07, 6.45) is 5.84. The van der Waals surface area contributed by atoms with Crippen LogP contribution in [0.2, 0.25) is 0 Å². The second-order valence-electron chi connectivity index (χ2n) is 5.37. The van der Waals surface area contributed by atoms with Crippen LogP contribution in [0.3, 0.4) is 0 Å². The lowest BCUT2D eigenvalue weighted by Gasteiger charge is -2.40. The lowest BCUT2D eigenvalue weighted by molar-refractivity contribution is -0.00382. The molecule has 0 aliphatic carbocycles. The number of nitriles is 1. The van der Waals surface area contributed by atoms with Crippen LogP contribution < -0.4 is 14.2 Å². The number of terminal acetylenes is 1. The summed E-state index contributed by atoms with van der Waals surface area (Å²) in [5.41, 5.74) is -0.245. The Morgan fingerprint density at radius 2 is 1.75 bits per heavy atom. The van der Waals surface area contributed by atoms with Crippen molar-refractivity contribution in [3.8, 4) is 35.7 Å². The van der Waals surface area contributed by atoms with E-state index in [9.17, 15) is 5.26 Å². The first-order chi connectivity index (χ1) is 11.7. The van der Waals surface area contributed by atoms with Crippen LogP contribution in [0.4, 0.5) is 0 Å². The average Bonchev–Trinajstić information content (AvgIpc) is 2.65. The Labute approximate surface area is 142 Å². The fourth-order valence-corrected chi connectivity index (χ4v) is 2.98. The van der Waals surface area contributed by atoms with Gasteiger partial charge in [0.05, 0.1) is 40.6 Å². The molecule has 6 heteroatoms. The van der Waals surface area contributed by atoms with Gasteiger partial charge in [-0.15, -0.1) is 12.3 Å². The highest BCUT2D eigenvalue weighted by Crippen LogP contribution is 2.43. The van der Waals surface area contributed by atoms with Gasteiger partial charge in [-0.2, -0.15) is 5.26 Å². The molecule has 1 heterocycles. The zero-order valence-corrected chi connectivity index (χ0v) is 14.3. The number of nitrogens with zero attached hydrogens (tertiary/aromatic N) is 2. The number of morpholine rings is 1. The van der Waals surface area contributed by atoms with Gasteiger partial charge in [-0.3, -0.25) is 4.90 Å². The van der Waals surface area contributed by atoms with Crippen molar-refractivity contribution in [1.29, 1.82) is 5.26 Å². The van der Waals surface area contributed by atoms with Crippen molar-refractivity contribution in [1.82, 2.24) is 4.90 Å². The van der Waals surface area contributed by atoms with Crippen LogP contribution in [0.25, 0.3) is 0 Å². The highest BCUT2D eigenvalue weighted by Gasteiger charge is 2.40. The number of benzene rings is 1. The molecule has 24 heavy (non-hydrogen) atoms. The van der Waals surface area contributed by atoms with Crippen molar-refractivity contribution < 1.29 is 18.9 Å². The smallest absolute Gasteiger partial charge is 0.203 e. The molecule has 1 unspecified atom stereocenters. The van der Waals surface area contributed by atoms with Crippen LogP contribution in [0, 0.1) is 23.7 Å². The van der Waals surface area contributed by atoms with Gasteiger partial charge in [-0.25, -0.2) is 0 Å². The van der Waals surface area contributed by atoms with Crippen LogP contribution in [0.1, 0.15) is 12.0 Å². The first-order valence-corrected chi connectivity index (χ1v) is 7.64. The topological polar surface area (TPSA) is 64.0 Å². The van der Waals surface area contributed by atoms with E-state index in [0.717, 1.165) is 5.56 Å². The van der Waals surface area contributed by atoms with Crippen molar-refractivity contribution >= 4 is 0 Å². The Balaban J connectivity index is 2.62. The molecule has 0 bridgehead atoms. The zero-order chi connectivity index (χ0) is 17.6. The molecule has 0 aromatic heterocycles. The van der Waals surface area contributed by atoms with Crippen LogP contribution in [-0.4, -0.2) is 52.5 Å². The summed E-state index contributed by atoms with van der Waals surface area (Å²) in [5.74, 6) is 4.12. The molecule has 0 radical (unpaired) electrons. The predicted molar refractivity (Wildman–Crippen MR) is 89.2 cm³/mol.